The number of nitrogens with zero attached hydrogens (tertiary/aromatic N) is 2. The number of rotatable bonds is 4. The van der Waals surface area contributed by atoms with Crippen molar-refractivity contribution in [3.63, 3.8) is 0 Å². The molecular formula is C26H24FN3O3S. The van der Waals surface area contributed by atoms with Crippen molar-refractivity contribution in [1.29, 1.82) is 5.26 Å². The molecule has 8 heteroatoms. The van der Waals surface area contributed by atoms with Gasteiger partial charge in [-0.05, 0) is 73.2 Å². The average molecular weight is 478 g/mol. The predicted molar refractivity (Wildman–Crippen MR) is 128 cm³/mol. The molecule has 3 N–H and O–H groups in total. The lowest BCUT2D eigenvalue weighted by Crippen LogP contribution is -2.49. The number of nitrogens with two attached hydrogens (primary N) is 1. The number of carbonyl (C=O) groups excluding carboxylic acids is 1. The van der Waals surface area contributed by atoms with E-state index < -0.39 is 5.82 Å². The van der Waals surface area contributed by atoms with E-state index in [0.29, 0.717) is 27.3 Å². The van der Waals surface area contributed by atoms with E-state index in [2.05, 4.69) is 0 Å². The lowest BCUT2D eigenvalue weighted by Gasteiger charge is -2.37. The second-order valence-electron chi connectivity index (χ2n) is 8.88. The van der Waals surface area contributed by atoms with E-state index in [1.807, 2.05) is 11.0 Å². The van der Waals surface area contributed by atoms with Crippen LogP contribution in [0, 0.1) is 17.1 Å². The summed E-state index contributed by atoms with van der Waals surface area (Å²) in [6.07, 6.45) is 3.53. The van der Waals surface area contributed by atoms with Gasteiger partial charge in [0.05, 0.1) is 17.6 Å². The third kappa shape index (κ3) is 3.81. The summed E-state index contributed by atoms with van der Waals surface area (Å²) >= 11 is 1.32. The Labute approximate surface area is 201 Å². The molecule has 3 heterocycles. The van der Waals surface area contributed by atoms with Crippen LogP contribution in [0.1, 0.15) is 40.9 Å². The molecule has 1 aromatic heterocycles. The number of fused-ring (bicyclic) bond motifs is 2. The normalized spacial score (nSPS) is 21.4. The van der Waals surface area contributed by atoms with Crippen LogP contribution in [0.15, 0.2) is 42.5 Å². The zero-order chi connectivity index (χ0) is 24.0. The van der Waals surface area contributed by atoms with Gasteiger partial charge in [0, 0.05) is 28.6 Å². The number of halogens is 1. The van der Waals surface area contributed by atoms with Gasteiger partial charge in [-0.25, -0.2) is 4.39 Å². The van der Waals surface area contributed by atoms with Gasteiger partial charge in [0.2, 0.25) is 0 Å². The summed E-state index contributed by atoms with van der Waals surface area (Å²) in [5.74, 6) is -0.348. The van der Waals surface area contributed by atoms with Crippen LogP contribution in [0.3, 0.4) is 0 Å². The zero-order valence-electron chi connectivity index (χ0n) is 18.6. The van der Waals surface area contributed by atoms with Crippen molar-refractivity contribution in [2.45, 2.75) is 43.8 Å². The molecule has 2 aliphatic rings. The lowest BCUT2D eigenvalue weighted by molar-refractivity contribution is 0.0580. The fourth-order valence-electron chi connectivity index (χ4n) is 5.21. The minimum Gasteiger partial charge on any atom is -0.504 e. The molecule has 0 aliphatic carbocycles. The third-order valence-corrected chi connectivity index (χ3v) is 7.96. The molecule has 34 heavy (non-hydrogen) atoms. The van der Waals surface area contributed by atoms with Gasteiger partial charge in [-0.15, -0.1) is 11.3 Å². The van der Waals surface area contributed by atoms with Crippen molar-refractivity contribution in [1.82, 2.24) is 4.90 Å². The van der Waals surface area contributed by atoms with E-state index in [9.17, 15) is 14.3 Å². The van der Waals surface area contributed by atoms with Crippen molar-refractivity contribution in [3.8, 4) is 39.1 Å². The Morgan fingerprint density at radius 2 is 1.88 bits per heavy atom. The third-order valence-electron chi connectivity index (χ3n) is 6.79. The molecule has 2 unspecified atom stereocenters. The van der Waals surface area contributed by atoms with E-state index >= 15 is 0 Å². The summed E-state index contributed by atoms with van der Waals surface area (Å²) in [5, 5.41) is 19.4. The molecule has 6 nitrogen and oxygen atoms in total. The second kappa shape index (κ2) is 8.75. The van der Waals surface area contributed by atoms with Crippen LogP contribution in [-0.4, -0.2) is 41.1 Å². The lowest BCUT2D eigenvalue weighted by atomic mass is 9.97. The first-order valence-electron chi connectivity index (χ1n) is 11.2. The maximum Gasteiger partial charge on any atom is 0.264 e. The highest BCUT2D eigenvalue weighted by molar-refractivity contribution is 7.18. The first-order valence-corrected chi connectivity index (χ1v) is 12.0. The van der Waals surface area contributed by atoms with E-state index in [-0.39, 0.29) is 35.3 Å². The number of thiophene rings is 1. The highest BCUT2D eigenvalue weighted by Gasteiger charge is 2.43. The number of piperidine rings is 1. The Balaban J connectivity index is 1.60. The van der Waals surface area contributed by atoms with Crippen LogP contribution in [-0.2, 0) is 0 Å². The molecule has 2 bridgehead atoms. The molecule has 2 aliphatic heterocycles. The Morgan fingerprint density at radius 1 is 1.18 bits per heavy atom. The SMILES string of the molecule is COc1ccc(-c2sc(C(=O)N3C4CCC3CC(N)C4)cc2-c2ccc(C#N)c(F)c2)cc1O. The van der Waals surface area contributed by atoms with Gasteiger partial charge in [-0.2, -0.15) is 5.26 Å². The first kappa shape index (κ1) is 22.4. The Kier molecular flexibility index (Phi) is 5.76. The molecule has 2 atom stereocenters. The largest absolute Gasteiger partial charge is 0.504 e. The minimum absolute atomic E-state index is 0.0266. The maximum absolute atomic E-state index is 14.5. The number of ether oxygens (including phenoxy) is 1. The molecule has 2 aromatic carbocycles. The molecular weight excluding hydrogens is 453 g/mol. The van der Waals surface area contributed by atoms with Crippen LogP contribution in [0.4, 0.5) is 4.39 Å². The van der Waals surface area contributed by atoms with Gasteiger partial charge in [0.1, 0.15) is 11.9 Å². The van der Waals surface area contributed by atoms with Gasteiger partial charge in [0.25, 0.3) is 5.91 Å². The Morgan fingerprint density at radius 3 is 2.50 bits per heavy atom. The van der Waals surface area contributed by atoms with Crippen molar-refractivity contribution >= 4 is 17.2 Å². The monoisotopic (exact) mass is 477 g/mol. The smallest absolute Gasteiger partial charge is 0.264 e. The van der Waals surface area contributed by atoms with Crippen LogP contribution in [0.25, 0.3) is 21.6 Å². The number of phenolic OH excluding ortho intramolecular Hbond substituents is 1. The predicted octanol–water partition coefficient (Wildman–Crippen LogP) is 4.90. The second-order valence-corrected chi connectivity index (χ2v) is 9.93. The standard InChI is InChI=1S/C26H24FN3O3S/c1-33-23-7-4-15(9-22(23)31)25-20(14-2-3-16(13-28)21(27)8-14)12-24(34-25)26(32)30-18-5-6-19(30)11-17(29)10-18/h2-4,7-9,12,17-19,31H,5-6,10-11,29H2,1H3. The summed E-state index contributed by atoms with van der Waals surface area (Å²) < 4.78 is 19.6. The molecule has 174 valence electrons. The number of benzene rings is 2. The van der Waals surface area contributed by atoms with Gasteiger partial charge < -0.3 is 20.5 Å². The van der Waals surface area contributed by atoms with Crippen LogP contribution >= 0.6 is 11.3 Å². The number of phenols is 1. The summed E-state index contributed by atoms with van der Waals surface area (Å²) in [4.78, 5) is 16.9. The van der Waals surface area contributed by atoms with Crippen LogP contribution in [0.5, 0.6) is 11.5 Å². The molecule has 5 rings (SSSR count). The van der Waals surface area contributed by atoms with Crippen LogP contribution in [0.2, 0.25) is 0 Å². The Hall–Kier alpha value is -3.41. The molecule has 0 spiro atoms. The van der Waals surface area contributed by atoms with Gasteiger partial charge in [0.15, 0.2) is 11.5 Å². The van der Waals surface area contributed by atoms with Crippen LogP contribution < -0.4 is 10.5 Å². The fourth-order valence-corrected chi connectivity index (χ4v) is 6.33. The Bertz CT molecular complexity index is 1300. The molecule has 2 saturated heterocycles. The molecule has 2 fully saturated rings. The maximum atomic E-state index is 14.5. The number of hydrogen-bond donors (Lipinski definition) is 2. The number of aromatic hydroxyl groups is 1. The average Bonchev–Trinajstić information content (AvgIpc) is 3.38. The molecule has 0 radical (unpaired) electrons. The van der Waals surface area contributed by atoms with Gasteiger partial charge >= 0.3 is 0 Å². The minimum atomic E-state index is -0.620. The topological polar surface area (TPSA) is 99.6 Å². The van der Waals surface area contributed by atoms with E-state index in [4.69, 9.17) is 15.7 Å². The fraction of sp³-hybridized carbons (Fsp3) is 0.308. The van der Waals surface area contributed by atoms with Crippen molar-refractivity contribution in [2.24, 2.45) is 5.73 Å². The van der Waals surface area contributed by atoms with Gasteiger partial charge in [-0.1, -0.05) is 6.07 Å². The van der Waals surface area contributed by atoms with E-state index in [0.717, 1.165) is 30.6 Å². The number of nitriles is 1. The number of hydrogen-bond acceptors (Lipinski definition) is 6. The summed E-state index contributed by atoms with van der Waals surface area (Å²) in [5.41, 5.74) is 8.05. The molecule has 3 aromatic rings. The highest BCUT2D eigenvalue weighted by atomic mass is 32.1. The van der Waals surface area contributed by atoms with Crippen molar-refractivity contribution < 1.29 is 19.0 Å². The molecule has 0 saturated carbocycles. The number of methoxy groups -OCH3 is 1. The first-order chi connectivity index (χ1) is 16.4. The zero-order valence-corrected chi connectivity index (χ0v) is 19.4. The van der Waals surface area contributed by atoms with E-state index in [1.165, 1.54) is 30.6 Å². The quantitative estimate of drug-likeness (QED) is 0.557. The number of carbonyl (C=O) groups is 1. The summed E-state index contributed by atoms with van der Waals surface area (Å²) in [6.45, 7) is 0. The number of amides is 1. The summed E-state index contributed by atoms with van der Waals surface area (Å²) in [7, 11) is 1.47. The van der Waals surface area contributed by atoms with E-state index in [1.54, 1.807) is 30.3 Å². The van der Waals surface area contributed by atoms with Crippen molar-refractivity contribution in [3.05, 3.63) is 58.7 Å². The van der Waals surface area contributed by atoms with Crippen molar-refractivity contribution in [2.75, 3.05) is 7.11 Å². The molecule has 1 amide bonds. The van der Waals surface area contributed by atoms with Gasteiger partial charge in [-0.3, -0.25) is 4.79 Å². The summed E-state index contributed by atoms with van der Waals surface area (Å²) in [6, 6.07) is 13.5. The highest BCUT2D eigenvalue weighted by Crippen LogP contribution is 2.44.